The zero-order valence-electron chi connectivity index (χ0n) is 13.2. The molecule has 1 amide bonds. The standard InChI is InChI=1S/C17H17F2N3O2/c1-11-20-7-4-16(21-11)24-13-5-8-22(9-6-13)17(23)14-3-2-12(18)10-15(14)19/h2-4,7,10,13H,5-6,8-9H2,1H3. The lowest BCUT2D eigenvalue weighted by atomic mass is 10.1. The number of ether oxygens (including phenoxy) is 1. The molecule has 1 aromatic heterocycles. The molecule has 0 unspecified atom stereocenters. The molecular weight excluding hydrogens is 316 g/mol. The molecule has 7 heteroatoms. The Balaban J connectivity index is 1.59. The molecule has 2 aromatic rings. The molecule has 0 N–H and O–H groups in total. The molecule has 0 aliphatic carbocycles. The molecule has 2 heterocycles. The van der Waals surface area contributed by atoms with Crippen LogP contribution in [0.15, 0.2) is 30.5 Å². The van der Waals surface area contributed by atoms with Gasteiger partial charge in [-0.3, -0.25) is 4.79 Å². The van der Waals surface area contributed by atoms with E-state index in [0.717, 1.165) is 12.1 Å². The van der Waals surface area contributed by atoms with Crippen LogP contribution in [0.5, 0.6) is 5.88 Å². The topological polar surface area (TPSA) is 55.3 Å². The second kappa shape index (κ2) is 6.90. The summed E-state index contributed by atoms with van der Waals surface area (Å²) in [5.41, 5.74) is -0.109. The molecular formula is C17H17F2N3O2. The zero-order valence-corrected chi connectivity index (χ0v) is 13.2. The maximum atomic E-state index is 13.7. The number of piperidine rings is 1. The molecule has 0 radical (unpaired) electrons. The fourth-order valence-corrected chi connectivity index (χ4v) is 2.68. The van der Waals surface area contributed by atoms with Gasteiger partial charge < -0.3 is 9.64 Å². The highest BCUT2D eigenvalue weighted by atomic mass is 19.1. The molecule has 5 nitrogen and oxygen atoms in total. The maximum Gasteiger partial charge on any atom is 0.256 e. The lowest BCUT2D eigenvalue weighted by Gasteiger charge is -2.32. The van der Waals surface area contributed by atoms with Gasteiger partial charge in [-0.25, -0.2) is 13.8 Å². The molecule has 126 valence electrons. The molecule has 3 rings (SSSR count). The maximum absolute atomic E-state index is 13.7. The lowest BCUT2D eigenvalue weighted by molar-refractivity contribution is 0.0583. The van der Waals surface area contributed by atoms with E-state index in [1.165, 1.54) is 6.07 Å². The Bertz CT molecular complexity index is 746. The van der Waals surface area contributed by atoms with Crippen LogP contribution < -0.4 is 4.74 Å². The zero-order chi connectivity index (χ0) is 17.1. The largest absolute Gasteiger partial charge is 0.474 e. The monoisotopic (exact) mass is 333 g/mol. The van der Waals surface area contributed by atoms with Crippen LogP contribution in [0.1, 0.15) is 29.0 Å². The van der Waals surface area contributed by atoms with E-state index >= 15 is 0 Å². The number of hydrogen-bond donors (Lipinski definition) is 0. The molecule has 0 bridgehead atoms. The number of benzene rings is 1. The van der Waals surface area contributed by atoms with Crippen LogP contribution in [-0.4, -0.2) is 40.0 Å². The molecule has 1 fully saturated rings. The van der Waals surface area contributed by atoms with Gasteiger partial charge in [0.15, 0.2) is 0 Å². The fraction of sp³-hybridized carbons (Fsp3) is 0.353. The summed E-state index contributed by atoms with van der Waals surface area (Å²) in [7, 11) is 0. The number of hydrogen-bond acceptors (Lipinski definition) is 4. The summed E-state index contributed by atoms with van der Waals surface area (Å²) in [6.45, 7) is 2.68. The van der Waals surface area contributed by atoms with E-state index in [2.05, 4.69) is 9.97 Å². The first-order valence-electron chi connectivity index (χ1n) is 7.73. The first kappa shape index (κ1) is 16.3. The van der Waals surface area contributed by atoms with Crippen LogP contribution in [0.2, 0.25) is 0 Å². The number of carbonyl (C=O) groups is 1. The van der Waals surface area contributed by atoms with Crippen molar-refractivity contribution >= 4 is 5.91 Å². The van der Waals surface area contributed by atoms with Gasteiger partial charge in [-0.15, -0.1) is 0 Å². The molecule has 24 heavy (non-hydrogen) atoms. The van der Waals surface area contributed by atoms with Crippen molar-refractivity contribution in [3.8, 4) is 5.88 Å². The molecule has 1 aromatic carbocycles. The van der Waals surface area contributed by atoms with Crippen LogP contribution >= 0.6 is 0 Å². The number of aromatic nitrogens is 2. The summed E-state index contributed by atoms with van der Waals surface area (Å²) < 4.78 is 32.5. The number of carbonyl (C=O) groups excluding carboxylic acids is 1. The number of likely N-dealkylation sites (tertiary alicyclic amines) is 1. The predicted octanol–water partition coefficient (Wildman–Crippen LogP) is 2.75. The van der Waals surface area contributed by atoms with E-state index in [4.69, 9.17) is 4.74 Å². The van der Waals surface area contributed by atoms with E-state index in [0.29, 0.717) is 37.6 Å². The number of rotatable bonds is 3. The molecule has 0 saturated carbocycles. The van der Waals surface area contributed by atoms with Crippen LogP contribution in [-0.2, 0) is 0 Å². The van der Waals surface area contributed by atoms with Gasteiger partial charge in [-0.05, 0) is 19.1 Å². The molecule has 1 aliphatic rings. The average Bonchev–Trinajstić information content (AvgIpc) is 2.55. The Labute approximate surface area is 138 Å². The van der Waals surface area contributed by atoms with Crippen molar-refractivity contribution in [2.45, 2.75) is 25.9 Å². The molecule has 1 saturated heterocycles. The Kier molecular flexibility index (Phi) is 4.69. The average molecular weight is 333 g/mol. The Hall–Kier alpha value is -2.57. The van der Waals surface area contributed by atoms with Gasteiger partial charge in [-0.2, -0.15) is 4.98 Å². The van der Waals surface area contributed by atoms with Crippen molar-refractivity contribution in [3.63, 3.8) is 0 Å². The fourth-order valence-electron chi connectivity index (χ4n) is 2.68. The normalized spacial score (nSPS) is 15.4. The number of aryl methyl sites for hydroxylation is 1. The number of amides is 1. The second-order valence-electron chi connectivity index (χ2n) is 5.68. The minimum Gasteiger partial charge on any atom is -0.474 e. The van der Waals surface area contributed by atoms with E-state index < -0.39 is 17.5 Å². The van der Waals surface area contributed by atoms with E-state index in [-0.39, 0.29) is 11.7 Å². The number of halogens is 2. The second-order valence-corrected chi connectivity index (χ2v) is 5.68. The van der Waals surface area contributed by atoms with Crippen molar-refractivity contribution in [1.29, 1.82) is 0 Å². The highest BCUT2D eigenvalue weighted by molar-refractivity contribution is 5.94. The highest BCUT2D eigenvalue weighted by Crippen LogP contribution is 2.20. The van der Waals surface area contributed by atoms with Gasteiger partial charge in [0.1, 0.15) is 23.6 Å². The third-order valence-corrected chi connectivity index (χ3v) is 3.93. The first-order valence-corrected chi connectivity index (χ1v) is 7.73. The lowest BCUT2D eigenvalue weighted by Crippen LogP contribution is -2.42. The summed E-state index contributed by atoms with van der Waals surface area (Å²) in [6.07, 6.45) is 2.82. The van der Waals surface area contributed by atoms with Gasteiger partial charge in [0.2, 0.25) is 5.88 Å². The Morgan fingerprint density at radius 2 is 2.00 bits per heavy atom. The van der Waals surface area contributed by atoms with Crippen LogP contribution in [0.3, 0.4) is 0 Å². The van der Waals surface area contributed by atoms with Crippen molar-refractivity contribution < 1.29 is 18.3 Å². The minimum atomic E-state index is -0.838. The van der Waals surface area contributed by atoms with E-state index in [9.17, 15) is 13.6 Å². The van der Waals surface area contributed by atoms with Crippen LogP contribution in [0.4, 0.5) is 8.78 Å². The van der Waals surface area contributed by atoms with Crippen molar-refractivity contribution in [2.75, 3.05) is 13.1 Å². The van der Waals surface area contributed by atoms with Gasteiger partial charge in [0.05, 0.1) is 5.56 Å². The van der Waals surface area contributed by atoms with E-state index in [1.807, 2.05) is 0 Å². The van der Waals surface area contributed by atoms with Gasteiger partial charge >= 0.3 is 0 Å². The Morgan fingerprint density at radius 3 is 2.67 bits per heavy atom. The van der Waals surface area contributed by atoms with Gasteiger partial charge in [0.25, 0.3) is 5.91 Å². The first-order chi connectivity index (χ1) is 11.5. The Morgan fingerprint density at radius 1 is 1.25 bits per heavy atom. The SMILES string of the molecule is Cc1nccc(OC2CCN(C(=O)c3ccc(F)cc3F)CC2)n1. The van der Waals surface area contributed by atoms with Gasteiger partial charge in [0, 0.05) is 44.3 Å². The van der Waals surface area contributed by atoms with Crippen molar-refractivity contribution in [3.05, 3.63) is 53.5 Å². The third kappa shape index (κ3) is 3.67. The molecule has 0 spiro atoms. The van der Waals surface area contributed by atoms with Crippen LogP contribution in [0.25, 0.3) is 0 Å². The van der Waals surface area contributed by atoms with E-state index in [1.54, 1.807) is 24.1 Å². The minimum absolute atomic E-state index is 0.0542. The predicted molar refractivity (Wildman–Crippen MR) is 82.7 cm³/mol. The summed E-state index contributed by atoms with van der Waals surface area (Å²) in [5, 5.41) is 0. The third-order valence-electron chi connectivity index (χ3n) is 3.93. The van der Waals surface area contributed by atoms with Gasteiger partial charge in [-0.1, -0.05) is 0 Å². The van der Waals surface area contributed by atoms with Crippen molar-refractivity contribution in [1.82, 2.24) is 14.9 Å². The van der Waals surface area contributed by atoms with Crippen LogP contribution in [0, 0.1) is 18.6 Å². The summed E-state index contributed by atoms with van der Waals surface area (Å²) in [4.78, 5) is 22.1. The summed E-state index contributed by atoms with van der Waals surface area (Å²) in [5.74, 6) is -0.821. The van der Waals surface area contributed by atoms with Crippen molar-refractivity contribution in [2.24, 2.45) is 0 Å². The summed E-state index contributed by atoms with van der Waals surface area (Å²) >= 11 is 0. The quantitative estimate of drug-likeness (QED) is 0.867. The smallest absolute Gasteiger partial charge is 0.256 e. The molecule has 0 atom stereocenters. The summed E-state index contributed by atoms with van der Waals surface area (Å²) in [6, 6.07) is 4.68. The highest BCUT2D eigenvalue weighted by Gasteiger charge is 2.26. The number of nitrogens with zero attached hydrogens (tertiary/aromatic N) is 3. The molecule has 1 aliphatic heterocycles.